The Bertz CT molecular complexity index is 208. The minimum atomic E-state index is -0.244. The zero-order chi connectivity index (χ0) is 10.6. The first kappa shape index (κ1) is 11.0. The van der Waals surface area contributed by atoms with Crippen LogP contribution in [0.4, 0.5) is 4.79 Å². The van der Waals surface area contributed by atoms with Crippen molar-refractivity contribution in [1.82, 2.24) is 10.2 Å². The van der Waals surface area contributed by atoms with Gasteiger partial charge in [0.1, 0.15) is 6.61 Å². The summed E-state index contributed by atoms with van der Waals surface area (Å²) in [7, 11) is 0. The predicted octanol–water partition coefficient (Wildman–Crippen LogP) is 0.991. The number of nitrogens with zero attached hydrogens (tertiary/aromatic N) is 1. The van der Waals surface area contributed by atoms with E-state index in [1.165, 1.54) is 0 Å². The first-order valence-electron chi connectivity index (χ1n) is 4.93. The van der Waals surface area contributed by atoms with Gasteiger partial charge in [-0.25, -0.2) is 4.79 Å². The minimum absolute atomic E-state index is 0.191. The summed E-state index contributed by atoms with van der Waals surface area (Å²) in [6.45, 7) is 9.47. The van der Waals surface area contributed by atoms with E-state index in [0.29, 0.717) is 0 Å². The van der Waals surface area contributed by atoms with E-state index in [-0.39, 0.29) is 24.8 Å². The summed E-state index contributed by atoms with van der Waals surface area (Å²) >= 11 is 0. The van der Waals surface area contributed by atoms with Gasteiger partial charge in [0.05, 0.1) is 0 Å². The van der Waals surface area contributed by atoms with Crippen LogP contribution in [0.25, 0.3) is 0 Å². The van der Waals surface area contributed by atoms with Gasteiger partial charge in [0.15, 0.2) is 0 Å². The molecule has 1 fully saturated rings. The maximum absolute atomic E-state index is 11.6. The van der Waals surface area contributed by atoms with Crippen LogP contribution in [-0.2, 0) is 4.74 Å². The Morgan fingerprint density at radius 2 is 2.14 bits per heavy atom. The zero-order valence-electron chi connectivity index (χ0n) is 8.82. The fourth-order valence-electron chi connectivity index (χ4n) is 1.70. The Balaban J connectivity index is 2.53. The Kier molecular flexibility index (Phi) is 3.95. The third-order valence-electron chi connectivity index (χ3n) is 2.36. The normalized spacial score (nSPS) is 27.1. The summed E-state index contributed by atoms with van der Waals surface area (Å²) < 4.78 is 5.01. The number of piperazine rings is 1. The quantitative estimate of drug-likeness (QED) is 0.673. The molecule has 80 valence electrons. The molecular weight excluding hydrogens is 180 g/mol. The summed E-state index contributed by atoms with van der Waals surface area (Å²) in [6, 6.07) is 0.382. The molecule has 0 aromatic rings. The number of hydrogen-bond donors (Lipinski definition) is 1. The molecule has 1 amide bonds. The van der Waals surface area contributed by atoms with Crippen LogP contribution in [0.2, 0.25) is 0 Å². The Labute approximate surface area is 84.9 Å². The van der Waals surface area contributed by atoms with Crippen LogP contribution in [0.5, 0.6) is 0 Å². The highest BCUT2D eigenvalue weighted by molar-refractivity contribution is 5.68. The van der Waals surface area contributed by atoms with Gasteiger partial charge in [-0.2, -0.15) is 0 Å². The number of carbonyl (C=O) groups is 1. The van der Waals surface area contributed by atoms with Crippen LogP contribution in [0.3, 0.4) is 0 Å². The molecule has 4 heteroatoms. The lowest BCUT2D eigenvalue weighted by Gasteiger charge is -2.38. The lowest BCUT2D eigenvalue weighted by atomic mass is 10.1. The number of hydrogen-bond acceptors (Lipinski definition) is 3. The van der Waals surface area contributed by atoms with Crippen molar-refractivity contribution in [2.24, 2.45) is 0 Å². The largest absolute Gasteiger partial charge is 0.445 e. The van der Waals surface area contributed by atoms with Gasteiger partial charge >= 0.3 is 6.09 Å². The fraction of sp³-hybridized carbons (Fsp3) is 0.700. The molecule has 2 atom stereocenters. The van der Waals surface area contributed by atoms with Gasteiger partial charge in [0.2, 0.25) is 0 Å². The molecule has 1 N–H and O–H groups in total. The molecule has 1 heterocycles. The topological polar surface area (TPSA) is 41.6 Å². The van der Waals surface area contributed by atoms with Crippen LogP contribution in [-0.4, -0.2) is 42.8 Å². The van der Waals surface area contributed by atoms with Gasteiger partial charge < -0.3 is 15.0 Å². The SMILES string of the molecule is C=CCOC(=O)N1[C@H](C)CNC[C@@H]1C. The standard InChI is InChI=1S/C10H18N2O2/c1-4-5-14-10(13)12-8(2)6-11-7-9(12)3/h4,8-9,11H,1,5-7H2,2-3H3/t8-,9+. The third-order valence-corrected chi connectivity index (χ3v) is 2.36. The number of amides is 1. The van der Waals surface area contributed by atoms with E-state index >= 15 is 0 Å². The number of rotatable bonds is 2. The van der Waals surface area contributed by atoms with Gasteiger partial charge in [-0.05, 0) is 13.8 Å². The monoisotopic (exact) mass is 198 g/mol. The molecular formula is C10H18N2O2. The maximum atomic E-state index is 11.6. The minimum Gasteiger partial charge on any atom is -0.445 e. The Morgan fingerprint density at radius 3 is 2.64 bits per heavy atom. The molecule has 1 rings (SSSR count). The summed E-state index contributed by atoms with van der Waals surface area (Å²) in [5, 5.41) is 3.26. The van der Waals surface area contributed by atoms with Gasteiger partial charge in [0, 0.05) is 25.2 Å². The van der Waals surface area contributed by atoms with Gasteiger partial charge in [-0.3, -0.25) is 0 Å². The molecule has 1 aliphatic rings. The van der Waals surface area contributed by atoms with Crippen molar-refractivity contribution < 1.29 is 9.53 Å². The van der Waals surface area contributed by atoms with E-state index < -0.39 is 0 Å². The van der Waals surface area contributed by atoms with Gasteiger partial charge in [0.25, 0.3) is 0 Å². The number of carbonyl (C=O) groups excluding carboxylic acids is 1. The second-order valence-electron chi connectivity index (χ2n) is 3.63. The van der Waals surface area contributed by atoms with Crippen molar-refractivity contribution in [3.8, 4) is 0 Å². The maximum Gasteiger partial charge on any atom is 0.410 e. The number of nitrogens with one attached hydrogen (secondary N) is 1. The third kappa shape index (κ3) is 2.48. The predicted molar refractivity (Wildman–Crippen MR) is 55.2 cm³/mol. The molecule has 0 aromatic heterocycles. The van der Waals surface area contributed by atoms with E-state index in [1.807, 2.05) is 13.8 Å². The zero-order valence-corrected chi connectivity index (χ0v) is 8.82. The highest BCUT2D eigenvalue weighted by Gasteiger charge is 2.29. The molecule has 0 saturated carbocycles. The highest BCUT2D eigenvalue weighted by atomic mass is 16.6. The van der Waals surface area contributed by atoms with Crippen LogP contribution in [0.15, 0.2) is 12.7 Å². The van der Waals surface area contributed by atoms with Crippen LogP contribution in [0.1, 0.15) is 13.8 Å². The molecule has 1 saturated heterocycles. The summed E-state index contributed by atoms with van der Waals surface area (Å²) in [6.07, 6.45) is 1.33. The van der Waals surface area contributed by atoms with Crippen molar-refractivity contribution in [3.63, 3.8) is 0 Å². The average molecular weight is 198 g/mol. The first-order chi connectivity index (χ1) is 6.66. The van der Waals surface area contributed by atoms with E-state index in [1.54, 1.807) is 11.0 Å². The van der Waals surface area contributed by atoms with Crippen molar-refractivity contribution in [3.05, 3.63) is 12.7 Å². The van der Waals surface area contributed by atoms with E-state index in [0.717, 1.165) is 13.1 Å². The van der Waals surface area contributed by atoms with E-state index in [9.17, 15) is 4.79 Å². The summed E-state index contributed by atoms with van der Waals surface area (Å²) in [5.41, 5.74) is 0. The van der Waals surface area contributed by atoms with Crippen LogP contribution in [0, 0.1) is 0 Å². The van der Waals surface area contributed by atoms with E-state index in [4.69, 9.17) is 4.74 Å². The van der Waals surface area contributed by atoms with E-state index in [2.05, 4.69) is 11.9 Å². The molecule has 1 aliphatic heterocycles. The molecule has 0 unspecified atom stereocenters. The molecule has 0 aromatic carbocycles. The molecule has 0 bridgehead atoms. The van der Waals surface area contributed by atoms with Crippen LogP contribution >= 0.6 is 0 Å². The molecule has 0 aliphatic carbocycles. The second kappa shape index (κ2) is 5.00. The van der Waals surface area contributed by atoms with Crippen molar-refractivity contribution >= 4 is 6.09 Å². The van der Waals surface area contributed by atoms with Gasteiger partial charge in [-0.1, -0.05) is 12.7 Å². The summed E-state index contributed by atoms with van der Waals surface area (Å²) in [4.78, 5) is 13.4. The Hall–Kier alpha value is -1.03. The molecule has 14 heavy (non-hydrogen) atoms. The average Bonchev–Trinajstić information content (AvgIpc) is 2.14. The van der Waals surface area contributed by atoms with Crippen molar-refractivity contribution in [2.75, 3.05) is 19.7 Å². The number of ether oxygens (including phenoxy) is 1. The second-order valence-corrected chi connectivity index (χ2v) is 3.63. The molecule has 0 spiro atoms. The van der Waals surface area contributed by atoms with Crippen molar-refractivity contribution in [2.45, 2.75) is 25.9 Å². The lowest BCUT2D eigenvalue weighted by Crippen LogP contribution is -2.57. The first-order valence-corrected chi connectivity index (χ1v) is 4.93. The van der Waals surface area contributed by atoms with Crippen molar-refractivity contribution in [1.29, 1.82) is 0 Å². The smallest absolute Gasteiger partial charge is 0.410 e. The Morgan fingerprint density at radius 1 is 1.57 bits per heavy atom. The van der Waals surface area contributed by atoms with Crippen LogP contribution < -0.4 is 5.32 Å². The highest BCUT2D eigenvalue weighted by Crippen LogP contribution is 2.11. The summed E-state index contributed by atoms with van der Waals surface area (Å²) in [5.74, 6) is 0. The molecule has 0 radical (unpaired) electrons. The van der Waals surface area contributed by atoms with Gasteiger partial charge in [-0.15, -0.1) is 0 Å². The lowest BCUT2D eigenvalue weighted by molar-refractivity contribution is 0.0679. The fourth-order valence-corrected chi connectivity index (χ4v) is 1.70. The molecule has 4 nitrogen and oxygen atoms in total.